The Labute approximate surface area is 185 Å². The quantitative estimate of drug-likeness (QED) is 0.189. The number of aliphatic imine (C=N–C) groups is 1. The fourth-order valence-electron chi connectivity index (χ4n) is 3.26. The van der Waals surface area contributed by atoms with Crippen LogP contribution in [0.2, 0.25) is 0 Å². The maximum Gasteiger partial charge on any atom is 0.390 e. The summed E-state index contributed by atoms with van der Waals surface area (Å²) in [5.41, 5.74) is 13.3. The van der Waals surface area contributed by atoms with Crippen LogP contribution in [0.5, 0.6) is 5.75 Å². The molecule has 0 bridgehead atoms. The summed E-state index contributed by atoms with van der Waals surface area (Å²) in [5.74, 6) is 0.473. The van der Waals surface area contributed by atoms with Crippen LogP contribution < -0.4 is 26.8 Å². The summed E-state index contributed by atoms with van der Waals surface area (Å²) in [6.07, 6.45) is 3.21. The number of ether oxygens (including phenoxy) is 1. The molecule has 3 aromatic rings. The number of hydrogen-bond acceptors (Lipinski definition) is 12. The number of fused-ring (bicyclic) bond motifs is 1. The summed E-state index contributed by atoms with van der Waals surface area (Å²) in [6.45, 7) is -0.0661. The molecular formula is C19H15N11O3. The lowest BCUT2D eigenvalue weighted by Gasteiger charge is -2.26. The van der Waals surface area contributed by atoms with E-state index < -0.39 is 11.0 Å². The van der Waals surface area contributed by atoms with Crippen LogP contribution in [0.3, 0.4) is 0 Å². The van der Waals surface area contributed by atoms with Gasteiger partial charge in [0.2, 0.25) is 12.7 Å². The van der Waals surface area contributed by atoms with Crippen molar-refractivity contribution in [2.24, 2.45) is 4.99 Å². The standard InChI is InChI=1S/C19H15N11O3/c20-7-12-15(22)14-16(25-19(24-8-21)27-18(14)26-17(12)23)10-2-1-3-11(6-10)33-9-29-5-4-13(28-29)30(31)32/h1-6,16H,9H2,(H6,22,23,24,25,26,27). The van der Waals surface area contributed by atoms with Crippen molar-refractivity contribution in [2.45, 2.75) is 12.8 Å². The molecule has 0 amide bonds. The molecule has 6 N–H and O–H groups in total. The number of nitrogens with one attached hydrogen (secondary N) is 2. The Morgan fingerprint density at radius 1 is 1.33 bits per heavy atom. The first-order chi connectivity index (χ1) is 15.9. The number of nitrogens with zero attached hydrogens (tertiary/aromatic N) is 7. The molecule has 0 spiro atoms. The molecule has 1 atom stereocenters. The highest BCUT2D eigenvalue weighted by molar-refractivity contribution is 5.98. The third-order valence-electron chi connectivity index (χ3n) is 4.71. The van der Waals surface area contributed by atoms with Crippen LogP contribution in [0, 0.1) is 32.9 Å². The van der Waals surface area contributed by atoms with Crippen LogP contribution in [0.4, 0.5) is 23.1 Å². The Hall–Kier alpha value is -5.37. The number of nitrogen functional groups attached to an aromatic ring is 2. The van der Waals surface area contributed by atoms with Gasteiger partial charge in [-0.25, -0.2) is 9.98 Å². The third kappa shape index (κ3) is 3.99. The Morgan fingerprint density at radius 3 is 2.85 bits per heavy atom. The molecule has 0 aliphatic carbocycles. The highest BCUT2D eigenvalue weighted by Gasteiger charge is 2.29. The topological polar surface area (TPSA) is 219 Å². The molecule has 1 aliphatic rings. The molecule has 2 aromatic heterocycles. The molecule has 14 nitrogen and oxygen atoms in total. The van der Waals surface area contributed by atoms with E-state index in [1.807, 2.05) is 6.07 Å². The number of guanidine groups is 1. The lowest BCUT2D eigenvalue weighted by molar-refractivity contribution is -0.389. The zero-order valence-electron chi connectivity index (χ0n) is 16.8. The van der Waals surface area contributed by atoms with E-state index in [1.54, 1.807) is 30.5 Å². The molecule has 4 rings (SSSR count). The van der Waals surface area contributed by atoms with E-state index in [4.69, 9.17) is 21.5 Å². The number of aromatic nitrogens is 3. The van der Waals surface area contributed by atoms with Gasteiger partial charge in [-0.2, -0.15) is 10.5 Å². The van der Waals surface area contributed by atoms with E-state index in [0.29, 0.717) is 16.9 Å². The number of nitro groups is 1. The van der Waals surface area contributed by atoms with Gasteiger partial charge in [-0.15, -0.1) is 4.68 Å². The van der Waals surface area contributed by atoms with Gasteiger partial charge in [0.15, 0.2) is 6.19 Å². The van der Waals surface area contributed by atoms with Crippen molar-refractivity contribution >= 4 is 29.1 Å². The number of nitriles is 2. The van der Waals surface area contributed by atoms with Crippen molar-refractivity contribution in [3.05, 3.63) is 63.3 Å². The first kappa shape index (κ1) is 20.9. The van der Waals surface area contributed by atoms with Crippen molar-refractivity contribution in [1.82, 2.24) is 20.1 Å². The Kier molecular flexibility index (Phi) is 5.32. The van der Waals surface area contributed by atoms with Crippen LogP contribution in [0.25, 0.3) is 0 Å². The number of rotatable bonds is 5. The Balaban J connectivity index is 1.68. The largest absolute Gasteiger partial charge is 0.469 e. The zero-order valence-corrected chi connectivity index (χ0v) is 16.8. The lowest BCUT2D eigenvalue weighted by Crippen LogP contribution is -2.32. The average Bonchev–Trinajstić information content (AvgIpc) is 3.27. The maximum absolute atomic E-state index is 10.8. The fraction of sp³-hybridized carbons (Fsp3) is 0.105. The second kappa shape index (κ2) is 8.40. The minimum atomic E-state index is -0.730. The molecule has 0 radical (unpaired) electrons. The Morgan fingerprint density at radius 2 is 2.15 bits per heavy atom. The van der Waals surface area contributed by atoms with E-state index in [2.05, 4.69) is 25.7 Å². The smallest absolute Gasteiger partial charge is 0.390 e. The van der Waals surface area contributed by atoms with Crippen molar-refractivity contribution < 1.29 is 9.66 Å². The third-order valence-corrected chi connectivity index (χ3v) is 4.71. The highest BCUT2D eigenvalue weighted by atomic mass is 16.6. The minimum Gasteiger partial charge on any atom is -0.469 e. The van der Waals surface area contributed by atoms with Crippen molar-refractivity contribution in [2.75, 3.05) is 16.8 Å². The molecule has 0 saturated heterocycles. The minimum absolute atomic E-state index is 0.0279. The molecule has 33 heavy (non-hydrogen) atoms. The molecular weight excluding hydrogens is 430 g/mol. The number of benzene rings is 1. The summed E-state index contributed by atoms with van der Waals surface area (Å²) < 4.78 is 6.98. The molecule has 164 valence electrons. The van der Waals surface area contributed by atoms with Crippen LogP contribution in [-0.4, -0.2) is 25.6 Å². The van der Waals surface area contributed by atoms with Crippen LogP contribution in [-0.2, 0) is 6.73 Å². The van der Waals surface area contributed by atoms with Gasteiger partial charge in [0.05, 0.1) is 23.0 Å². The van der Waals surface area contributed by atoms with Gasteiger partial charge in [0.1, 0.15) is 35.1 Å². The lowest BCUT2D eigenvalue weighted by atomic mass is 9.95. The number of pyridine rings is 1. The SMILES string of the molecule is N#CNC1=NC(c2cccc(OCn3ccc([N+](=O)[O-])n3)c2)c2c(nc(N)c(C#N)c2N)N1. The predicted molar refractivity (Wildman–Crippen MR) is 115 cm³/mol. The van der Waals surface area contributed by atoms with Gasteiger partial charge >= 0.3 is 5.82 Å². The molecule has 3 heterocycles. The van der Waals surface area contributed by atoms with Gasteiger partial charge in [0, 0.05) is 5.56 Å². The first-order valence-electron chi connectivity index (χ1n) is 9.30. The summed E-state index contributed by atoms with van der Waals surface area (Å²) >= 11 is 0. The summed E-state index contributed by atoms with van der Waals surface area (Å²) in [4.78, 5) is 18.9. The van der Waals surface area contributed by atoms with Crippen molar-refractivity contribution in [3.8, 4) is 18.0 Å². The number of nitrogens with two attached hydrogens (primary N) is 2. The fourth-order valence-corrected chi connectivity index (χ4v) is 3.26. The van der Waals surface area contributed by atoms with Crippen LogP contribution in [0.15, 0.2) is 41.5 Å². The normalized spacial score (nSPS) is 14.1. The Bertz CT molecular complexity index is 1370. The molecule has 0 fully saturated rings. The van der Waals surface area contributed by atoms with Crippen LogP contribution in [0.1, 0.15) is 22.7 Å². The summed E-state index contributed by atoms with van der Waals surface area (Å²) in [5, 5.41) is 38.3. The second-order valence-corrected chi connectivity index (χ2v) is 6.72. The monoisotopic (exact) mass is 445 g/mol. The van der Waals surface area contributed by atoms with Crippen molar-refractivity contribution in [3.63, 3.8) is 0 Å². The molecule has 1 aromatic carbocycles. The van der Waals surface area contributed by atoms with Gasteiger partial charge in [-0.05, 0) is 22.6 Å². The number of anilines is 3. The molecule has 1 unspecified atom stereocenters. The number of hydrogen-bond donors (Lipinski definition) is 4. The highest BCUT2D eigenvalue weighted by Crippen LogP contribution is 2.41. The molecule has 14 heteroatoms. The van der Waals surface area contributed by atoms with Gasteiger partial charge in [-0.3, -0.25) is 5.32 Å². The molecule has 1 aliphatic heterocycles. The van der Waals surface area contributed by atoms with Gasteiger partial charge in [0.25, 0.3) is 0 Å². The van der Waals surface area contributed by atoms with Crippen LogP contribution >= 0.6 is 0 Å². The predicted octanol–water partition coefficient (Wildman–Crippen LogP) is 1.20. The summed E-state index contributed by atoms with van der Waals surface area (Å²) in [7, 11) is 0. The van der Waals surface area contributed by atoms with Gasteiger partial charge < -0.3 is 31.6 Å². The van der Waals surface area contributed by atoms with Gasteiger partial charge in [-0.1, -0.05) is 12.1 Å². The average molecular weight is 445 g/mol. The molecule has 0 saturated carbocycles. The van der Waals surface area contributed by atoms with E-state index in [-0.39, 0.29) is 41.4 Å². The zero-order chi connectivity index (χ0) is 23.5. The van der Waals surface area contributed by atoms with E-state index in [0.717, 1.165) is 0 Å². The van der Waals surface area contributed by atoms with E-state index >= 15 is 0 Å². The van der Waals surface area contributed by atoms with Crippen molar-refractivity contribution in [1.29, 1.82) is 10.5 Å². The van der Waals surface area contributed by atoms with E-state index in [9.17, 15) is 15.4 Å². The summed E-state index contributed by atoms with van der Waals surface area (Å²) in [6, 6.07) is 9.33. The second-order valence-electron chi connectivity index (χ2n) is 6.72. The first-order valence-corrected chi connectivity index (χ1v) is 9.30. The maximum atomic E-state index is 10.8. The van der Waals surface area contributed by atoms with E-state index in [1.165, 1.54) is 16.9 Å².